The van der Waals surface area contributed by atoms with Crippen LogP contribution in [0.4, 0.5) is 21.6 Å². The molecule has 1 heterocycles. The molecule has 0 atom stereocenters. The minimum absolute atomic E-state index is 0.218. The summed E-state index contributed by atoms with van der Waals surface area (Å²) in [6.07, 6.45) is 1.56. The van der Waals surface area contributed by atoms with Crippen LogP contribution in [0.25, 0.3) is 0 Å². The van der Waals surface area contributed by atoms with Gasteiger partial charge < -0.3 is 11.1 Å². The summed E-state index contributed by atoms with van der Waals surface area (Å²) < 4.78 is 14.4. The lowest BCUT2D eigenvalue weighted by molar-refractivity contribution is 0.631. The first-order valence-corrected chi connectivity index (χ1v) is 5.77. The van der Waals surface area contributed by atoms with Gasteiger partial charge in [0.25, 0.3) is 0 Å². The van der Waals surface area contributed by atoms with E-state index in [2.05, 4.69) is 26.2 Å². The predicted molar refractivity (Wildman–Crippen MR) is 70.7 cm³/mol. The van der Waals surface area contributed by atoms with Crippen LogP contribution in [0, 0.1) is 17.1 Å². The second-order valence-electron chi connectivity index (χ2n) is 3.52. The fourth-order valence-corrected chi connectivity index (χ4v) is 1.72. The summed E-state index contributed by atoms with van der Waals surface area (Å²) in [5.74, 6) is -0.167. The number of nitrogens with zero attached hydrogens (tertiary/aromatic N) is 2. The number of anilines is 3. The molecule has 2 aromatic rings. The topological polar surface area (TPSA) is 74.7 Å². The normalized spacial score (nSPS) is 9.83. The van der Waals surface area contributed by atoms with Gasteiger partial charge >= 0.3 is 0 Å². The van der Waals surface area contributed by atoms with E-state index >= 15 is 0 Å². The van der Waals surface area contributed by atoms with Crippen molar-refractivity contribution in [2.24, 2.45) is 0 Å². The second-order valence-corrected chi connectivity index (χ2v) is 4.44. The Hall–Kier alpha value is -2.13. The first-order chi connectivity index (χ1) is 8.60. The summed E-state index contributed by atoms with van der Waals surface area (Å²) in [7, 11) is 0. The van der Waals surface area contributed by atoms with E-state index in [1.807, 2.05) is 6.07 Å². The highest BCUT2D eigenvalue weighted by molar-refractivity contribution is 9.10. The molecule has 0 amide bonds. The zero-order chi connectivity index (χ0) is 13.1. The second kappa shape index (κ2) is 5.02. The van der Waals surface area contributed by atoms with Crippen molar-refractivity contribution in [2.75, 3.05) is 11.1 Å². The number of hydrogen-bond acceptors (Lipinski definition) is 4. The largest absolute Gasteiger partial charge is 0.396 e. The number of nitrogens with two attached hydrogens (primary N) is 1. The van der Waals surface area contributed by atoms with Gasteiger partial charge in [0.2, 0.25) is 0 Å². The van der Waals surface area contributed by atoms with Gasteiger partial charge in [0.15, 0.2) is 5.82 Å². The van der Waals surface area contributed by atoms with E-state index in [-0.39, 0.29) is 11.3 Å². The highest BCUT2D eigenvalue weighted by Gasteiger charge is 2.07. The van der Waals surface area contributed by atoms with Crippen LogP contribution in [-0.4, -0.2) is 4.98 Å². The lowest BCUT2D eigenvalue weighted by Crippen LogP contribution is -2.00. The van der Waals surface area contributed by atoms with Crippen LogP contribution in [0.2, 0.25) is 0 Å². The standard InChI is InChI=1S/C12H8BrFN4/c13-8-4-10(16)12(17-6-8)18-11-2-1-7(5-15)3-9(11)14/h1-4,6H,16H2,(H,17,18). The molecule has 0 spiro atoms. The Morgan fingerprint density at radius 2 is 2.17 bits per heavy atom. The zero-order valence-corrected chi connectivity index (χ0v) is 10.7. The summed E-state index contributed by atoms with van der Waals surface area (Å²) in [5, 5.41) is 11.4. The minimum Gasteiger partial charge on any atom is -0.396 e. The molecule has 0 aliphatic rings. The number of nitrogens with one attached hydrogen (secondary N) is 1. The number of benzene rings is 1. The number of aromatic nitrogens is 1. The first kappa shape index (κ1) is 12.3. The van der Waals surface area contributed by atoms with E-state index in [1.54, 1.807) is 12.3 Å². The fraction of sp³-hybridized carbons (Fsp3) is 0. The van der Waals surface area contributed by atoms with E-state index in [0.717, 1.165) is 10.5 Å². The Balaban J connectivity index is 2.32. The van der Waals surface area contributed by atoms with Crippen LogP contribution >= 0.6 is 15.9 Å². The van der Waals surface area contributed by atoms with Gasteiger partial charge in [0, 0.05) is 10.7 Å². The van der Waals surface area contributed by atoms with Crippen molar-refractivity contribution >= 4 is 33.1 Å². The Kier molecular flexibility index (Phi) is 3.44. The van der Waals surface area contributed by atoms with Gasteiger partial charge in [-0.05, 0) is 40.2 Å². The lowest BCUT2D eigenvalue weighted by atomic mass is 10.2. The Morgan fingerprint density at radius 3 is 2.78 bits per heavy atom. The maximum Gasteiger partial charge on any atom is 0.153 e. The first-order valence-electron chi connectivity index (χ1n) is 4.98. The Labute approximate surface area is 111 Å². The SMILES string of the molecule is N#Cc1ccc(Nc2ncc(Br)cc2N)c(F)c1. The number of nitriles is 1. The molecule has 18 heavy (non-hydrogen) atoms. The number of halogens is 2. The molecule has 0 aliphatic heterocycles. The minimum atomic E-state index is -0.529. The molecule has 0 bridgehead atoms. The van der Waals surface area contributed by atoms with E-state index in [0.29, 0.717) is 11.5 Å². The maximum atomic E-state index is 13.6. The molecule has 3 N–H and O–H groups in total. The van der Waals surface area contributed by atoms with Crippen LogP contribution in [0.1, 0.15) is 5.56 Å². The van der Waals surface area contributed by atoms with E-state index in [9.17, 15) is 4.39 Å². The molecule has 1 aromatic carbocycles. The Morgan fingerprint density at radius 1 is 1.39 bits per heavy atom. The molecule has 1 aromatic heterocycles. The van der Waals surface area contributed by atoms with Crippen molar-refractivity contribution in [3.05, 3.63) is 46.3 Å². The summed E-state index contributed by atoms with van der Waals surface area (Å²) in [4.78, 5) is 4.04. The van der Waals surface area contributed by atoms with Gasteiger partial charge in [-0.15, -0.1) is 0 Å². The number of pyridine rings is 1. The quantitative estimate of drug-likeness (QED) is 0.893. The van der Waals surface area contributed by atoms with Crippen molar-refractivity contribution in [3.8, 4) is 6.07 Å². The van der Waals surface area contributed by atoms with Crippen molar-refractivity contribution in [2.45, 2.75) is 0 Å². The molecule has 0 aliphatic carbocycles. The molecular weight excluding hydrogens is 299 g/mol. The molecule has 6 heteroatoms. The highest BCUT2D eigenvalue weighted by atomic mass is 79.9. The summed E-state index contributed by atoms with van der Waals surface area (Å²) in [6.45, 7) is 0. The van der Waals surface area contributed by atoms with Crippen LogP contribution in [-0.2, 0) is 0 Å². The van der Waals surface area contributed by atoms with Gasteiger partial charge in [-0.2, -0.15) is 5.26 Å². The molecule has 0 fully saturated rings. The van der Waals surface area contributed by atoms with Gasteiger partial charge in [0.1, 0.15) is 5.82 Å². The van der Waals surface area contributed by atoms with Crippen LogP contribution in [0.5, 0.6) is 0 Å². The number of rotatable bonds is 2. The molecule has 90 valence electrons. The van der Waals surface area contributed by atoms with Crippen LogP contribution in [0.15, 0.2) is 34.9 Å². The molecule has 4 nitrogen and oxygen atoms in total. The van der Waals surface area contributed by atoms with E-state index < -0.39 is 5.82 Å². The molecule has 0 saturated heterocycles. The van der Waals surface area contributed by atoms with Crippen LogP contribution < -0.4 is 11.1 Å². The van der Waals surface area contributed by atoms with Crippen molar-refractivity contribution in [1.29, 1.82) is 5.26 Å². The number of nitrogen functional groups attached to an aromatic ring is 1. The van der Waals surface area contributed by atoms with Crippen molar-refractivity contribution < 1.29 is 4.39 Å². The van der Waals surface area contributed by atoms with Gasteiger partial charge in [-0.3, -0.25) is 0 Å². The lowest BCUT2D eigenvalue weighted by Gasteiger charge is -2.09. The summed E-state index contributed by atoms with van der Waals surface area (Å²) in [5.41, 5.74) is 6.62. The van der Waals surface area contributed by atoms with Crippen molar-refractivity contribution in [3.63, 3.8) is 0 Å². The molecule has 0 unspecified atom stereocenters. The molecular formula is C12H8BrFN4. The monoisotopic (exact) mass is 306 g/mol. The van der Waals surface area contributed by atoms with Gasteiger partial charge in [-0.25, -0.2) is 9.37 Å². The molecule has 0 radical (unpaired) electrons. The zero-order valence-electron chi connectivity index (χ0n) is 9.11. The maximum absolute atomic E-state index is 13.6. The predicted octanol–water partition coefficient (Wildman–Crippen LogP) is 3.18. The third-order valence-corrected chi connectivity index (χ3v) is 2.67. The average Bonchev–Trinajstić information content (AvgIpc) is 2.34. The third kappa shape index (κ3) is 2.57. The smallest absolute Gasteiger partial charge is 0.153 e. The molecule has 0 saturated carbocycles. The average molecular weight is 307 g/mol. The van der Waals surface area contributed by atoms with Gasteiger partial charge in [-0.1, -0.05) is 0 Å². The van der Waals surface area contributed by atoms with Crippen molar-refractivity contribution in [1.82, 2.24) is 4.98 Å². The molecule has 2 rings (SSSR count). The fourth-order valence-electron chi connectivity index (χ4n) is 1.37. The summed E-state index contributed by atoms with van der Waals surface area (Å²) in [6, 6.07) is 7.66. The summed E-state index contributed by atoms with van der Waals surface area (Å²) >= 11 is 3.23. The van der Waals surface area contributed by atoms with E-state index in [1.165, 1.54) is 12.1 Å². The van der Waals surface area contributed by atoms with Gasteiger partial charge in [0.05, 0.1) is 23.0 Å². The van der Waals surface area contributed by atoms with E-state index in [4.69, 9.17) is 11.0 Å². The number of hydrogen-bond donors (Lipinski definition) is 2. The third-order valence-electron chi connectivity index (χ3n) is 2.24. The van der Waals surface area contributed by atoms with Crippen LogP contribution in [0.3, 0.4) is 0 Å². The highest BCUT2D eigenvalue weighted by Crippen LogP contribution is 2.25. The Bertz CT molecular complexity index is 636.